The fraction of sp³-hybridized carbons (Fsp3) is 0.385. The fourth-order valence-corrected chi connectivity index (χ4v) is 2.19. The number of likely N-dealkylation sites (tertiary alicyclic amines) is 1. The third kappa shape index (κ3) is 3.38. The molecule has 0 aromatic heterocycles. The van der Waals surface area contributed by atoms with Crippen LogP contribution in [0.1, 0.15) is 23.2 Å². The van der Waals surface area contributed by atoms with Gasteiger partial charge in [0.25, 0.3) is 5.91 Å². The summed E-state index contributed by atoms with van der Waals surface area (Å²) >= 11 is 5.68. The summed E-state index contributed by atoms with van der Waals surface area (Å²) in [6.07, 6.45) is 2.02. The molecule has 1 fully saturated rings. The lowest BCUT2D eigenvalue weighted by Crippen LogP contribution is -2.38. The third-order valence-corrected chi connectivity index (χ3v) is 3.30. The van der Waals surface area contributed by atoms with Gasteiger partial charge in [0.15, 0.2) is 0 Å². The standard InChI is InChI=1S/C13H15ClN2O3/c14-9-3-4-10(11(17)7-9)13(19)15-8-12(18)16-5-1-2-6-16/h3-4,7,17H,1-2,5-6,8H2,(H,15,19). The van der Waals surface area contributed by atoms with Crippen molar-refractivity contribution >= 4 is 23.4 Å². The zero-order valence-corrected chi connectivity index (χ0v) is 11.1. The number of amides is 2. The van der Waals surface area contributed by atoms with Gasteiger partial charge in [-0.1, -0.05) is 11.6 Å². The predicted octanol–water partition coefficient (Wildman–Crippen LogP) is 1.40. The Kier molecular flexibility index (Phi) is 4.27. The number of rotatable bonds is 3. The lowest BCUT2D eigenvalue weighted by Gasteiger charge is -2.15. The minimum Gasteiger partial charge on any atom is -0.507 e. The van der Waals surface area contributed by atoms with Crippen molar-refractivity contribution in [1.82, 2.24) is 10.2 Å². The van der Waals surface area contributed by atoms with Crippen LogP contribution < -0.4 is 5.32 Å². The second-order valence-corrected chi connectivity index (χ2v) is 4.87. The van der Waals surface area contributed by atoms with E-state index in [-0.39, 0.29) is 23.8 Å². The number of carbonyl (C=O) groups is 2. The van der Waals surface area contributed by atoms with Gasteiger partial charge in [-0.25, -0.2) is 0 Å². The highest BCUT2D eigenvalue weighted by Gasteiger charge is 2.19. The van der Waals surface area contributed by atoms with Crippen LogP contribution in [0.3, 0.4) is 0 Å². The highest BCUT2D eigenvalue weighted by Crippen LogP contribution is 2.21. The number of phenolic OH excluding ortho intramolecular Hbond substituents is 1. The number of nitrogens with one attached hydrogen (secondary N) is 1. The lowest BCUT2D eigenvalue weighted by atomic mass is 10.2. The Morgan fingerprint density at radius 1 is 1.32 bits per heavy atom. The third-order valence-electron chi connectivity index (χ3n) is 3.06. The number of hydrogen-bond donors (Lipinski definition) is 2. The first kappa shape index (κ1) is 13.7. The number of nitrogens with zero attached hydrogens (tertiary/aromatic N) is 1. The molecule has 5 nitrogen and oxygen atoms in total. The van der Waals surface area contributed by atoms with E-state index in [0.29, 0.717) is 5.02 Å². The topological polar surface area (TPSA) is 69.6 Å². The summed E-state index contributed by atoms with van der Waals surface area (Å²) in [7, 11) is 0. The average molecular weight is 283 g/mol. The summed E-state index contributed by atoms with van der Waals surface area (Å²) in [4.78, 5) is 25.3. The molecule has 2 amide bonds. The summed E-state index contributed by atoms with van der Waals surface area (Å²) in [5.41, 5.74) is 0.110. The quantitative estimate of drug-likeness (QED) is 0.880. The second-order valence-electron chi connectivity index (χ2n) is 4.43. The monoisotopic (exact) mass is 282 g/mol. The molecule has 1 saturated heterocycles. The van der Waals surface area contributed by atoms with E-state index in [4.69, 9.17) is 11.6 Å². The first-order chi connectivity index (χ1) is 9.08. The molecule has 6 heteroatoms. The Balaban J connectivity index is 1.92. The van der Waals surface area contributed by atoms with Gasteiger partial charge in [-0.05, 0) is 31.0 Å². The number of hydrogen-bond acceptors (Lipinski definition) is 3. The van der Waals surface area contributed by atoms with Gasteiger partial charge in [0, 0.05) is 18.1 Å². The zero-order valence-electron chi connectivity index (χ0n) is 10.4. The maximum atomic E-state index is 11.8. The number of halogens is 1. The van der Waals surface area contributed by atoms with E-state index < -0.39 is 5.91 Å². The minimum absolute atomic E-state index is 0.0547. The first-order valence-corrected chi connectivity index (χ1v) is 6.50. The molecule has 0 aliphatic carbocycles. The van der Waals surface area contributed by atoms with Crippen molar-refractivity contribution in [2.45, 2.75) is 12.8 Å². The van der Waals surface area contributed by atoms with Crippen molar-refractivity contribution in [2.75, 3.05) is 19.6 Å². The van der Waals surface area contributed by atoms with Crippen molar-refractivity contribution in [3.63, 3.8) is 0 Å². The Labute approximate surface area is 116 Å². The Bertz CT molecular complexity index is 499. The average Bonchev–Trinajstić information content (AvgIpc) is 2.89. The Hall–Kier alpha value is -1.75. The smallest absolute Gasteiger partial charge is 0.255 e. The zero-order chi connectivity index (χ0) is 13.8. The summed E-state index contributed by atoms with van der Waals surface area (Å²) < 4.78 is 0. The molecule has 1 aromatic carbocycles. The molecule has 0 spiro atoms. The first-order valence-electron chi connectivity index (χ1n) is 6.12. The number of phenols is 1. The molecule has 1 aromatic rings. The summed E-state index contributed by atoms with van der Waals surface area (Å²) in [5, 5.41) is 12.4. The molecule has 0 bridgehead atoms. The van der Waals surface area contributed by atoms with E-state index in [1.165, 1.54) is 18.2 Å². The maximum absolute atomic E-state index is 11.8. The van der Waals surface area contributed by atoms with E-state index in [9.17, 15) is 14.7 Å². The summed E-state index contributed by atoms with van der Waals surface area (Å²) in [5.74, 6) is -0.778. The van der Waals surface area contributed by atoms with Crippen molar-refractivity contribution in [2.24, 2.45) is 0 Å². The normalized spacial score (nSPS) is 14.5. The van der Waals surface area contributed by atoms with Gasteiger partial charge in [0.05, 0.1) is 12.1 Å². The molecule has 2 N–H and O–H groups in total. The van der Waals surface area contributed by atoms with Crippen LogP contribution >= 0.6 is 11.6 Å². The summed E-state index contributed by atoms with van der Waals surface area (Å²) in [6, 6.07) is 4.23. The molecule has 19 heavy (non-hydrogen) atoms. The molecule has 0 unspecified atom stereocenters. The van der Waals surface area contributed by atoms with Crippen LogP contribution in [0.5, 0.6) is 5.75 Å². The molecular formula is C13H15ClN2O3. The second kappa shape index (κ2) is 5.93. The van der Waals surface area contributed by atoms with Gasteiger partial charge in [0.2, 0.25) is 5.91 Å². The SMILES string of the molecule is O=C(NCC(=O)N1CCCC1)c1ccc(Cl)cc1O. The fourth-order valence-electron chi connectivity index (χ4n) is 2.03. The van der Waals surface area contributed by atoms with E-state index in [0.717, 1.165) is 25.9 Å². The highest BCUT2D eigenvalue weighted by atomic mass is 35.5. The van der Waals surface area contributed by atoms with Gasteiger partial charge in [-0.15, -0.1) is 0 Å². The van der Waals surface area contributed by atoms with Crippen LogP contribution in [-0.4, -0.2) is 41.5 Å². The maximum Gasteiger partial charge on any atom is 0.255 e. The van der Waals surface area contributed by atoms with Crippen molar-refractivity contribution in [1.29, 1.82) is 0 Å². The van der Waals surface area contributed by atoms with Gasteiger partial charge < -0.3 is 15.3 Å². The van der Waals surface area contributed by atoms with E-state index in [1.807, 2.05) is 0 Å². The van der Waals surface area contributed by atoms with Crippen molar-refractivity contribution < 1.29 is 14.7 Å². The highest BCUT2D eigenvalue weighted by molar-refractivity contribution is 6.30. The van der Waals surface area contributed by atoms with Crippen LogP contribution in [0.4, 0.5) is 0 Å². The summed E-state index contributed by atoms with van der Waals surface area (Å²) in [6.45, 7) is 1.45. The number of aromatic hydroxyl groups is 1. The largest absolute Gasteiger partial charge is 0.507 e. The molecule has 102 valence electrons. The van der Waals surface area contributed by atoms with Crippen LogP contribution in [0.25, 0.3) is 0 Å². The van der Waals surface area contributed by atoms with Crippen molar-refractivity contribution in [3.05, 3.63) is 28.8 Å². The Morgan fingerprint density at radius 2 is 2.00 bits per heavy atom. The molecule has 0 atom stereocenters. The van der Waals surface area contributed by atoms with Gasteiger partial charge in [-0.2, -0.15) is 0 Å². The molecule has 2 rings (SSSR count). The minimum atomic E-state index is -0.485. The van der Waals surface area contributed by atoms with Crippen molar-refractivity contribution in [3.8, 4) is 5.75 Å². The van der Waals surface area contributed by atoms with Gasteiger partial charge >= 0.3 is 0 Å². The van der Waals surface area contributed by atoms with Crippen LogP contribution in [-0.2, 0) is 4.79 Å². The van der Waals surface area contributed by atoms with Gasteiger partial charge in [-0.3, -0.25) is 9.59 Å². The lowest BCUT2D eigenvalue weighted by molar-refractivity contribution is -0.129. The number of carbonyl (C=O) groups excluding carboxylic acids is 2. The van der Waals surface area contributed by atoms with E-state index in [1.54, 1.807) is 4.90 Å². The molecular weight excluding hydrogens is 268 g/mol. The van der Waals surface area contributed by atoms with Crippen LogP contribution in [0.2, 0.25) is 5.02 Å². The predicted molar refractivity (Wildman–Crippen MR) is 71.3 cm³/mol. The van der Waals surface area contributed by atoms with Gasteiger partial charge in [0.1, 0.15) is 5.75 Å². The number of benzene rings is 1. The Morgan fingerprint density at radius 3 is 2.63 bits per heavy atom. The van der Waals surface area contributed by atoms with Crippen LogP contribution in [0.15, 0.2) is 18.2 Å². The van der Waals surface area contributed by atoms with E-state index >= 15 is 0 Å². The molecule has 1 heterocycles. The van der Waals surface area contributed by atoms with Crippen LogP contribution in [0, 0.1) is 0 Å². The molecule has 0 saturated carbocycles. The molecule has 0 radical (unpaired) electrons. The van der Waals surface area contributed by atoms with E-state index in [2.05, 4.69) is 5.32 Å². The molecule has 1 aliphatic heterocycles. The molecule has 1 aliphatic rings.